The highest BCUT2D eigenvalue weighted by molar-refractivity contribution is 6.32. The van der Waals surface area contributed by atoms with Gasteiger partial charge in [-0.15, -0.1) is 0 Å². The Balaban J connectivity index is 1.61. The van der Waals surface area contributed by atoms with Crippen LogP contribution in [0.3, 0.4) is 0 Å². The number of anilines is 3. The zero-order chi connectivity index (χ0) is 28.9. The molecule has 5 amide bonds. The van der Waals surface area contributed by atoms with Gasteiger partial charge in [0.1, 0.15) is 0 Å². The molecule has 0 aliphatic carbocycles. The van der Waals surface area contributed by atoms with Crippen LogP contribution in [0, 0.1) is 0 Å². The molecule has 9 nitrogen and oxygen atoms in total. The summed E-state index contributed by atoms with van der Waals surface area (Å²) in [4.78, 5) is 57.1. The van der Waals surface area contributed by atoms with E-state index in [0.717, 1.165) is 56.5 Å². The van der Waals surface area contributed by atoms with E-state index in [1.54, 1.807) is 59.8 Å². The third-order valence-corrected chi connectivity index (χ3v) is 8.15. The summed E-state index contributed by atoms with van der Waals surface area (Å²) in [6.45, 7) is 2.73. The maximum atomic E-state index is 15.0. The summed E-state index contributed by atoms with van der Waals surface area (Å²) in [6.07, 6.45) is 7.64. The molecule has 3 heterocycles. The molecular formula is C33H36N6O3. The molecule has 9 heteroatoms. The van der Waals surface area contributed by atoms with Crippen LogP contribution in [-0.4, -0.2) is 66.1 Å². The smallest absolute Gasteiger partial charge is 0.339 e. The van der Waals surface area contributed by atoms with E-state index in [1.807, 2.05) is 42.5 Å². The summed E-state index contributed by atoms with van der Waals surface area (Å²) in [5.41, 5.74) is 1.38. The van der Waals surface area contributed by atoms with Crippen LogP contribution in [-0.2, 0) is 4.79 Å². The number of likely N-dealkylation sites (tertiary alicyclic amines) is 2. The van der Waals surface area contributed by atoms with Crippen LogP contribution in [0.1, 0.15) is 38.5 Å². The molecule has 3 saturated heterocycles. The molecule has 3 aliphatic heterocycles. The molecule has 0 aromatic heterocycles. The van der Waals surface area contributed by atoms with Crippen molar-refractivity contribution < 1.29 is 14.4 Å². The molecule has 216 valence electrons. The van der Waals surface area contributed by atoms with Gasteiger partial charge in [-0.05, 0) is 74.9 Å². The number of piperidine rings is 2. The number of hydrogen-bond acceptors (Lipinski definition) is 4. The van der Waals surface area contributed by atoms with Crippen molar-refractivity contribution in [3.05, 3.63) is 91.0 Å². The molecular weight excluding hydrogens is 528 g/mol. The second-order valence-corrected chi connectivity index (χ2v) is 10.9. The molecule has 3 aromatic rings. The van der Waals surface area contributed by atoms with E-state index in [4.69, 9.17) is 4.99 Å². The molecule has 3 fully saturated rings. The van der Waals surface area contributed by atoms with E-state index < -0.39 is 17.7 Å². The van der Waals surface area contributed by atoms with E-state index in [1.165, 1.54) is 9.80 Å². The second-order valence-electron chi connectivity index (χ2n) is 10.9. The number of urea groups is 2. The SMILES string of the molecule is O=C(N1CCCCC1)N(c1ccccc1)C1(/N=C/N2CCCCC2)C(=O)N(c2ccccc2)C(=O)N1c1ccccc1. The third-order valence-electron chi connectivity index (χ3n) is 8.15. The number of imide groups is 1. The monoisotopic (exact) mass is 564 g/mol. The Morgan fingerprint density at radius 1 is 0.690 bits per heavy atom. The highest BCUT2D eigenvalue weighted by Gasteiger charge is 2.65. The fourth-order valence-electron chi connectivity index (χ4n) is 6.03. The van der Waals surface area contributed by atoms with Gasteiger partial charge in [-0.1, -0.05) is 54.6 Å². The Morgan fingerprint density at radius 3 is 1.81 bits per heavy atom. The first-order chi connectivity index (χ1) is 20.6. The standard InChI is InChI=1S/C33H36N6O3/c40-30-33(34-26-35-22-12-4-13-23-35,38(28-18-8-2-9-19-28)31(41)36-24-14-5-15-25-36)39(29-20-10-3-11-21-29)32(42)37(30)27-16-6-1-7-17-27/h1-3,6-11,16-21,26H,4-5,12-15,22-25H2/b34-26+. The van der Waals surface area contributed by atoms with Crippen LogP contribution < -0.4 is 14.7 Å². The quantitative estimate of drug-likeness (QED) is 0.211. The fraction of sp³-hybridized carbons (Fsp3) is 0.333. The molecule has 0 N–H and O–H groups in total. The lowest BCUT2D eigenvalue weighted by Crippen LogP contribution is -2.66. The van der Waals surface area contributed by atoms with Crippen molar-refractivity contribution in [2.24, 2.45) is 4.99 Å². The Morgan fingerprint density at radius 2 is 1.21 bits per heavy atom. The van der Waals surface area contributed by atoms with Crippen LogP contribution in [0.25, 0.3) is 0 Å². The van der Waals surface area contributed by atoms with Crippen molar-refractivity contribution >= 4 is 41.4 Å². The Labute approximate surface area is 246 Å². The number of para-hydroxylation sites is 3. The topological polar surface area (TPSA) is 79.8 Å². The first-order valence-corrected chi connectivity index (χ1v) is 14.8. The predicted molar refractivity (Wildman–Crippen MR) is 165 cm³/mol. The first kappa shape index (κ1) is 27.5. The van der Waals surface area contributed by atoms with Crippen molar-refractivity contribution in [3.8, 4) is 0 Å². The Bertz CT molecular complexity index is 1420. The van der Waals surface area contributed by atoms with Gasteiger partial charge in [0.2, 0.25) is 0 Å². The normalized spacial score (nSPS) is 21.3. The summed E-state index contributed by atoms with van der Waals surface area (Å²) >= 11 is 0. The highest BCUT2D eigenvalue weighted by atomic mass is 16.2. The van der Waals surface area contributed by atoms with Gasteiger partial charge in [-0.3, -0.25) is 4.79 Å². The third kappa shape index (κ3) is 5.00. The summed E-state index contributed by atoms with van der Waals surface area (Å²) in [5, 5.41) is 0. The number of nitrogens with zero attached hydrogens (tertiary/aromatic N) is 6. The molecule has 0 spiro atoms. The number of rotatable bonds is 6. The lowest BCUT2D eigenvalue weighted by Gasteiger charge is -2.43. The van der Waals surface area contributed by atoms with Gasteiger partial charge in [-0.25, -0.2) is 29.3 Å². The van der Waals surface area contributed by atoms with Gasteiger partial charge in [0.15, 0.2) is 0 Å². The number of amides is 5. The molecule has 42 heavy (non-hydrogen) atoms. The van der Waals surface area contributed by atoms with Crippen molar-refractivity contribution in [1.82, 2.24) is 9.80 Å². The lowest BCUT2D eigenvalue weighted by molar-refractivity contribution is -0.121. The molecule has 1 unspecified atom stereocenters. The Kier molecular flexibility index (Phi) is 7.90. The molecule has 1 atom stereocenters. The molecule has 3 aliphatic rings. The predicted octanol–water partition coefficient (Wildman–Crippen LogP) is 5.94. The molecule has 0 bridgehead atoms. The number of aliphatic imine (C=N–C) groups is 1. The van der Waals surface area contributed by atoms with E-state index in [0.29, 0.717) is 30.2 Å². The largest absolute Gasteiger partial charge is 0.363 e. The zero-order valence-electron chi connectivity index (χ0n) is 23.7. The Hall–Kier alpha value is -4.66. The van der Waals surface area contributed by atoms with E-state index in [-0.39, 0.29) is 6.03 Å². The van der Waals surface area contributed by atoms with Gasteiger partial charge in [-0.2, -0.15) is 0 Å². The summed E-state index contributed by atoms with van der Waals surface area (Å²) < 4.78 is 0. The minimum absolute atomic E-state index is 0.353. The average molecular weight is 565 g/mol. The minimum atomic E-state index is -2.04. The molecule has 6 rings (SSSR count). The van der Waals surface area contributed by atoms with E-state index >= 15 is 4.79 Å². The van der Waals surface area contributed by atoms with Crippen molar-refractivity contribution in [1.29, 1.82) is 0 Å². The minimum Gasteiger partial charge on any atom is -0.363 e. The van der Waals surface area contributed by atoms with Crippen LogP contribution in [0.15, 0.2) is 96.0 Å². The van der Waals surface area contributed by atoms with Gasteiger partial charge in [0, 0.05) is 26.2 Å². The maximum Gasteiger partial charge on any atom is 0.339 e. The highest BCUT2D eigenvalue weighted by Crippen LogP contribution is 2.42. The summed E-state index contributed by atoms with van der Waals surface area (Å²) in [5.74, 6) is -2.65. The van der Waals surface area contributed by atoms with Gasteiger partial charge in [0.25, 0.3) is 0 Å². The van der Waals surface area contributed by atoms with Crippen LogP contribution >= 0.6 is 0 Å². The van der Waals surface area contributed by atoms with Crippen LogP contribution in [0.2, 0.25) is 0 Å². The van der Waals surface area contributed by atoms with Gasteiger partial charge < -0.3 is 9.80 Å². The molecule has 0 radical (unpaired) electrons. The van der Waals surface area contributed by atoms with Crippen LogP contribution in [0.4, 0.5) is 26.7 Å². The molecule has 3 aromatic carbocycles. The number of hydrogen-bond donors (Lipinski definition) is 0. The number of carbonyl (C=O) groups is 3. The number of carbonyl (C=O) groups excluding carboxylic acids is 3. The second kappa shape index (κ2) is 12.1. The van der Waals surface area contributed by atoms with Crippen molar-refractivity contribution in [2.75, 3.05) is 40.9 Å². The van der Waals surface area contributed by atoms with Crippen molar-refractivity contribution in [3.63, 3.8) is 0 Å². The van der Waals surface area contributed by atoms with Gasteiger partial charge >= 0.3 is 23.8 Å². The summed E-state index contributed by atoms with van der Waals surface area (Å²) in [7, 11) is 0. The maximum absolute atomic E-state index is 15.0. The van der Waals surface area contributed by atoms with E-state index in [9.17, 15) is 9.59 Å². The first-order valence-electron chi connectivity index (χ1n) is 14.8. The fourth-order valence-corrected chi connectivity index (χ4v) is 6.03. The van der Waals surface area contributed by atoms with Crippen molar-refractivity contribution in [2.45, 2.75) is 44.3 Å². The average Bonchev–Trinajstić information content (AvgIpc) is 3.28. The summed E-state index contributed by atoms with van der Waals surface area (Å²) in [6, 6.07) is 26.1. The lowest BCUT2D eigenvalue weighted by atomic mass is 10.1. The van der Waals surface area contributed by atoms with Gasteiger partial charge in [0.05, 0.1) is 23.4 Å². The van der Waals surface area contributed by atoms with E-state index in [2.05, 4.69) is 4.90 Å². The van der Waals surface area contributed by atoms with Crippen LogP contribution in [0.5, 0.6) is 0 Å². The number of benzene rings is 3. The zero-order valence-corrected chi connectivity index (χ0v) is 23.7. The molecule has 0 saturated carbocycles.